The molecule has 1 atom stereocenters. The monoisotopic (exact) mass is 265 g/mol. The molecule has 2 heterocycles. The standard InChI is InChI=1S/C12H12ClN3O2/c13-7-1-2-9-10(5-7)15-12(18)16(11(9)17)8-3-4-14-6-8/h1-2,5,8,14H,3-4,6H2,(H,15,18). The molecule has 1 aromatic carbocycles. The third kappa shape index (κ3) is 1.76. The number of nitrogens with one attached hydrogen (secondary N) is 2. The van der Waals surface area contributed by atoms with Crippen molar-refractivity contribution in [2.75, 3.05) is 13.1 Å². The number of aromatic amines is 1. The lowest BCUT2D eigenvalue weighted by molar-refractivity contribution is 0.508. The molecule has 18 heavy (non-hydrogen) atoms. The molecule has 5 nitrogen and oxygen atoms in total. The van der Waals surface area contributed by atoms with Gasteiger partial charge in [0.2, 0.25) is 0 Å². The SMILES string of the molecule is O=c1[nH]c2cc(Cl)ccc2c(=O)n1C1CCNC1. The van der Waals surface area contributed by atoms with Gasteiger partial charge in [0.1, 0.15) is 0 Å². The minimum atomic E-state index is -0.372. The second kappa shape index (κ2) is 4.26. The molecular formula is C12H12ClN3O2. The zero-order valence-corrected chi connectivity index (χ0v) is 10.3. The van der Waals surface area contributed by atoms with Crippen LogP contribution in [0.5, 0.6) is 0 Å². The van der Waals surface area contributed by atoms with Gasteiger partial charge in [-0.3, -0.25) is 9.36 Å². The first-order chi connectivity index (χ1) is 8.66. The van der Waals surface area contributed by atoms with Crippen LogP contribution in [0, 0.1) is 0 Å². The van der Waals surface area contributed by atoms with Crippen LogP contribution in [-0.2, 0) is 0 Å². The molecule has 0 amide bonds. The molecule has 0 aliphatic carbocycles. The molecule has 94 valence electrons. The van der Waals surface area contributed by atoms with Crippen molar-refractivity contribution in [3.05, 3.63) is 44.1 Å². The van der Waals surface area contributed by atoms with E-state index in [2.05, 4.69) is 10.3 Å². The Balaban J connectivity index is 2.30. The number of hydrogen-bond acceptors (Lipinski definition) is 3. The van der Waals surface area contributed by atoms with E-state index >= 15 is 0 Å². The fourth-order valence-electron chi connectivity index (χ4n) is 2.40. The molecule has 1 saturated heterocycles. The Morgan fingerprint density at radius 2 is 2.17 bits per heavy atom. The van der Waals surface area contributed by atoms with Crippen LogP contribution in [0.15, 0.2) is 27.8 Å². The van der Waals surface area contributed by atoms with Gasteiger partial charge in [0.05, 0.1) is 16.9 Å². The van der Waals surface area contributed by atoms with Crippen molar-refractivity contribution in [3.8, 4) is 0 Å². The third-order valence-corrected chi connectivity index (χ3v) is 3.53. The quantitative estimate of drug-likeness (QED) is 0.804. The molecule has 2 aromatic rings. The maximum atomic E-state index is 12.3. The Bertz CT molecular complexity index is 713. The molecule has 3 rings (SSSR count). The van der Waals surface area contributed by atoms with Gasteiger partial charge in [-0.15, -0.1) is 0 Å². The molecule has 1 aromatic heterocycles. The highest BCUT2D eigenvalue weighted by Crippen LogP contribution is 2.15. The molecule has 0 saturated carbocycles. The lowest BCUT2D eigenvalue weighted by Crippen LogP contribution is -2.38. The number of H-pyrrole nitrogens is 1. The van der Waals surface area contributed by atoms with Crippen LogP contribution in [0.4, 0.5) is 0 Å². The summed E-state index contributed by atoms with van der Waals surface area (Å²) in [6, 6.07) is 4.83. The molecule has 1 unspecified atom stereocenters. The van der Waals surface area contributed by atoms with Gasteiger partial charge in [0, 0.05) is 11.6 Å². The van der Waals surface area contributed by atoms with Gasteiger partial charge in [0.15, 0.2) is 0 Å². The Labute approximate surface area is 107 Å². The first-order valence-electron chi connectivity index (χ1n) is 5.81. The van der Waals surface area contributed by atoms with E-state index in [9.17, 15) is 9.59 Å². The molecule has 0 spiro atoms. The van der Waals surface area contributed by atoms with Gasteiger partial charge < -0.3 is 10.3 Å². The summed E-state index contributed by atoms with van der Waals surface area (Å²) in [7, 11) is 0. The number of halogens is 1. The largest absolute Gasteiger partial charge is 0.329 e. The fourth-order valence-corrected chi connectivity index (χ4v) is 2.57. The van der Waals surface area contributed by atoms with Crippen LogP contribution in [0.2, 0.25) is 5.02 Å². The van der Waals surface area contributed by atoms with E-state index in [-0.39, 0.29) is 17.3 Å². The van der Waals surface area contributed by atoms with E-state index in [4.69, 9.17) is 11.6 Å². The van der Waals surface area contributed by atoms with Crippen molar-refractivity contribution in [3.63, 3.8) is 0 Å². The Kier molecular flexibility index (Phi) is 2.72. The van der Waals surface area contributed by atoms with Crippen LogP contribution >= 0.6 is 11.6 Å². The summed E-state index contributed by atoms with van der Waals surface area (Å²) in [5.41, 5.74) is -0.137. The van der Waals surface area contributed by atoms with Crippen molar-refractivity contribution in [2.45, 2.75) is 12.5 Å². The fraction of sp³-hybridized carbons (Fsp3) is 0.333. The van der Waals surface area contributed by atoms with Gasteiger partial charge in [0.25, 0.3) is 5.56 Å². The maximum absolute atomic E-state index is 12.3. The van der Waals surface area contributed by atoms with Crippen LogP contribution < -0.4 is 16.6 Å². The number of benzene rings is 1. The van der Waals surface area contributed by atoms with E-state index < -0.39 is 0 Å². The topological polar surface area (TPSA) is 66.9 Å². The number of aromatic nitrogens is 2. The normalized spacial score (nSPS) is 19.5. The molecule has 2 N–H and O–H groups in total. The van der Waals surface area contributed by atoms with Gasteiger partial charge in [-0.2, -0.15) is 0 Å². The molecule has 6 heteroatoms. The van der Waals surface area contributed by atoms with E-state index in [1.165, 1.54) is 4.57 Å². The zero-order valence-electron chi connectivity index (χ0n) is 9.57. The van der Waals surface area contributed by atoms with Gasteiger partial charge >= 0.3 is 5.69 Å². The highest BCUT2D eigenvalue weighted by atomic mass is 35.5. The summed E-state index contributed by atoms with van der Waals surface area (Å²) in [5.74, 6) is 0. The third-order valence-electron chi connectivity index (χ3n) is 3.29. The number of hydrogen-bond donors (Lipinski definition) is 2. The smallest absolute Gasteiger partial charge is 0.315 e. The van der Waals surface area contributed by atoms with Crippen molar-refractivity contribution in [1.82, 2.24) is 14.9 Å². The molecule has 1 fully saturated rings. The van der Waals surface area contributed by atoms with Gasteiger partial charge in [-0.05, 0) is 31.2 Å². The number of rotatable bonds is 1. The highest BCUT2D eigenvalue weighted by molar-refractivity contribution is 6.31. The minimum Gasteiger partial charge on any atom is -0.315 e. The van der Waals surface area contributed by atoms with Crippen LogP contribution in [0.25, 0.3) is 10.9 Å². The van der Waals surface area contributed by atoms with Crippen molar-refractivity contribution in [1.29, 1.82) is 0 Å². The molecule has 0 bridgehead atoms. The predicted octanol–water partition coefficient (Wildman–Crippen LogP) is 0.878. The van der Waals surface area contributed by atoms with Crippen molar-refractivity contribution < 1.29 is 0 Å². The summed E-state index contributed by atoms with van der Waals surface area (Å²) in [5, 5.41) is 4.14. The summed E-state index contributed by atoms with van der Waals surface area (Å²) in [4.78, 5) is 27.0. The average Bonchev–Trinajstić information content (AvgIpc) is 2.82. The second-order valence-electron chi connectivity index (χ2n) is 4.44. The molecule has 1 aliphatic heterocycles. The van der Waals surface area contributed by atoms with Crippen LogP contribution in [0.3, 0.4) is 0 Å². The Hall–Kier alpha value is -1.59. The second-order valence-corrected chi connectivity index (χ2v) is 4.88. The van der Waals surface area contributed by atoms with Gasteiger partial charge in [-0.1, -0.05) is 11.6 Å². The molecule has 0 radical (unpaired) electrons. The van der Waals surface area contributed by atoms with Crippen molar-refractivity contribution in [2.24, 2.45) is 0 Å². The Morgan fingerprint density at radius 3 is 2.89 bits per heavy atom. The highest BCUT2D eigenvalue weighted by Gasteiger charge is 2.20. The van der Waals surface area contributed by atoms with E-state index in [0.717, 1.165) is 13.0 Å². The first kappa shape index (κ1) is 11.5. The van der Waals surface area contributed by atoms with Crippen LogP contribution in [0.1, 0.15) is 12.5 Å². The van der Waals surface area contributed by atoms with Crippen LogP contribution in [-0.4, -0.2) is 22.6 Å². The lowest BCUT2D eigenvalue weighted by Gasteiger charge is -2.12. The first-order valence-corrected chi connectivity index (χ1v) is 6.19. The summed E-state index contributed by atoms with van der Waals surface area (Å²) < 4.78 is 1.30. The average molecular weight is 266 g/mol. The van der Waals surface area contributed by atoms with Gasteiger partial charge in [-0.25, -0.2) is 4.79 Å². The Morgan fingerprint density at radius 1 is 1.33 bits per heavy atom. The minimum absolute atomic E-state index is 0.0682. The molecule has 1 aliphatic rings. The summed E-state index contributed by atoms with van der Waals surface area (Å²) in [6.45, 7) is 1.48. The van der Waals surface area contributed by atoms with E-state index in [1.807, 2.05) is 0 Å². The molecular weight excluding hydrogens is 254 g/mol. The summed E-state index contributed by atoms with van der Waals surface area (Å²) in [6.07, 6.45) is 0.794. The number of nitrogens with zero attached hydrogens (tertiary/aromatic N) is 1. The van der Waals surface area contributed by atoms with E-state index in [0.29, 0.717) is 22.5 Å². The van der Waals surface area contributed by atoms with E-state index in [1.54, 1.807) is 18.2 Å². The zero-order chi connectivity index (χ0) is 12.7. The van der Waals surface area contributed by atoms with Crippen molar-refractivity contribution >= 4 is 22.5 Å². The lowest BCUT2D eigenvalue weighted by atomic mass is 10.2. The predicted molar refractivity (Wildman–Crippen MR) is 70.4 cm³/mol. The maximum Gasteiger partial charge on any atom is 0.329 e. The number of fused-ring (bicyclic) bond motifs is 1. The summed E-state index contributed by atoms with van der Waals surface area (Å²) >= 11 is 5.85.